The fourth-order valence-corrected chi connectivity index (χ4v) is 7.81. The van der Waals surface area contributed by atoms with Gasteiger partial charge in [-0.25, -0.2) is 4.90 Å². The highest BCUT2D eigenvalue weighted by Crippen LogP contribution is 2.64. The molecule has 0 aromatic heterocycles. The van der Waals surface area contributed by atoms with Gasteiger partial charge in [-0.05, 0) is 59.2 Å². The van der Waals surface area contributed by atoms with Crippen LogP contribution in [0, 0.1) is 25.7 Å². The number of carbonyl (C=O) groups is 2. The summed E-state index contributed by atoms with van der Waals surface area (Å²) in [6, 6.07) is 36.7. The van der Waals surface area contributed by atoms with E-state index in [0.717, 1.165) is 44.3 Å². The molecule has 2 amide bonds. The Bertz CT molecular complexity index is 1900. The number of hydrogen-bond acceptors (Lipinski definition) is 3. The smallest absolute Gasteiger partial charge is 0.239 e. The van der Waals surface area contributed by atoms with E-state index in [9.17, 15) is 9.59 Å². The maximum absolute atomic E-state index is 14.8. The van der Waals surface area contributed by atoms with Gasteiger partial charge in [0.05, 0.1) is 28.6 Å². The summed E-state index contributed by atoms with van der Waals surface area (Å²) in [5.74, 6) is -1.59. The van der Waals surface area contributed by atoms with Gasteiger partial charge in [0.25, 0.3) is 0 Å². The van der Waals surface area contributed by atoms with Crippen molar-refractivity contribution in [2.45, 2.75) is 25.2 Å². The maximum Gasteiger partial charge on any atom is 0.239 e. The van der Waals surface area contributed by atoms with Crippen LogP contribution in [-0.4, -0.2) is 18.0 Å². The molecule has 0 radical (unpaired) electrons. The van der Waals surface area contributed by atoms with Crippen LogP contribution < -0.4 is 4.90 Å². The highest BCUT2D eigenvalue weighted by Gasteiger charge is 2.68. The first-order chi connectivity index (χ1) is 20.0. The van der Waals surface area contributed by atoms with E-state index in [1.165, 1.54) is 10.5 Å². The summed E-state index contributed by atoms with van der Waals surface area (Å²) in [6.07, 6.45) is 1.98. The molecule has 0 saturated carbocycles. The van der Waals surface area contributed by atoms with Crippen LogP contribution in [-0.2, 0) is 15.0 Å². The lowest BCUT2D eigenvalue weighted by atomic mass is 9.47. The Hall–Kier alpha value is -4.83. The minimum atomic E-state index is -0.879. The molecule has 2 atom stereocenters. The zero-order chi connectivity index (χ0) is 27.9. The molecule has 4 heteroatoms. The number of aryl methyl sites for hydroxylation is 2. The molecular weight excluding hydrogens is 504 g/mol. The number of imide groups is 1. The molecule has 3 aliphatic carbocycles. The van der Waals surface area contributed by atoms with Crippen LogP contribution in [0.1, 0.15) is 39.3 Å². The van der Waals surface area contributed by atoms with E-state index >= 15 is 0 Å². The summed E-state index contributed by atoms with van der Waals surface area (Å²) in [5.41, 5.74) is 7.26. The van der Waals surface area contributed by atoms with Crippen molar-refractivity contribution >= 4 is 40.2 Å². The third-order valence-corrected chi connectivity index (χ3v) is 9.45. The molecule has 41 heavy (non-hydrogen) atoms. The average Bonchev–Trinajstić information content (AvgIpc) is 3.27. The fourth-order valence-electron chi connectivity index (χ4n) is 7.81. The van der Waals surface area contributed by atoms with Gasteiger partial charge in [-0.3, -0.25) is 14.6 Å². The van der Waals surface area contributed by atoms with Crippen LogP contribution in [0.2, 0.25) is 0 Å². The molecule has 0 N–H and O–H groups in total. The Morgan fingerprint density at radius 3 is 2.12 bits per heavy atom. The monoisotopic (exact) mass is 532 g/mol. The predicted molar refractivity (Wildman–Crippen MR) is 163 cm³/mol. The first kappa shape index (κ1) is 24.0. The summed E-state index contributed by atoms with van der Waals surface area (Å²) in [7, 11) is 0. The van der Waals surface area contributed by atoms with Gasteiger partial charge < -0.3 is 0 Å². The number of carbonyl (C=O) groups excluding carboxylic acids is 2. The van der Waals surface area contributed by atoms with Crippen LogP contribution >= 0.6 is 0 Å². The Kier molecular flexibility index (Phi) is 5.03. The quantitative estimate of drug-likeness (QED) is 0.179. The summed E-state index contributed by atoms with van der Waals surface area (Å²) in [4.78, 5) is 35.9. The van der Waals surface area contributed by atoms with Crippen LogP contribution in [0.3, 0.4) is 0 Å². The standard InChI is InChI=1S/C37H28N2O2/c1-22-18-19-30(23(2)20-22)38-21-37-28-15-7-5-13-26(28)32(27-14-6-8-16-29(27)37)33-34(37)36(41)39(35(33)40)31-17-9-11-24-10-3-4-12-25(24)31/h3-21,32-34H,1-2H3/t32?,33-,34-,37?/m0/s1. The van der Waals surface area contributed by atoms with Crippen molar-refractivity contribution in [1.82, 2.24) is 0 Å². The van der Waals surface area contributed by atoms with Crippen LogP contribution in [0.25, 0.3) is 10.8 Å². The van der Waals surface area contributed by atoms with Gasteiger partial charge in [0.15, 0.2) is 0 Å². The molecule has 1 heterocycles. The number of anilines is 1. The number of amides is 2. The summed E-state index contributed by atoms with van der Waals surface area (Å²) in [5, 5.41) is 1.90. The normalized spacial score (nSPS) is 24.1. The highest BCUT2D eigenvalue weighted by molar-refractivity contribution is 6.27. The molecule has 5 aromatic rings. The maximum atomic E-state index is 14.8. The molecule has 1 fully saturated rings. The Morgan fingerprint density at radius 1 is 0.732 bits per heavy atom. The zero-order valence-electron chi connectivity index (χ0n) is 22.9. The minimum Gasteiger partial charge on any atom is -0.274 e. The van der Waals surface area contributed by atoms with Crippen molar-refractivity contribution in [1.29, 1.82) is 0 Å². The molecular formula is C37H28N2O2. The van der Waals surface area contributed by atoms with Crippen molar-refractivity contribution in [2.24, 2.45) is 16.8 Å². The van der Waals surface area contributed by atoms with Gasteiger partial charge in [0.2, 0.25) is 11.8 Å². The molecule has 1 aliphatic heterocycles. The summed E-state index contributed by atoms with van der Waals surface area (Å²) in [6.45, 7) is 4.13. The van der Waals surface area contributed by atoms with Gasteiger partial charge in [-0.2, -0.15) is 0 Å². The van der Waals surface area contributed by atoms with Crippen molar-refractivity contribution < 1.29 is 9.59 Å². The predicted octanol–water partition coefficient (Wildman–Crippen LogP) is 7.41. The largest absolute Gasteiger partial charge is 0.274 e. The van der Waals surface area contributed by atoms with Crippen LogP contribution in [0.4, 0.5) is 11.4 Å². The molecule has 0 unspecified atom stereocenters. The second-order valence-electron chi connectivity index (χ2n) is 11.6. The molecule has 198 valence electrons. The molecule has 4 nitrogen and oxygen atoms in total. The number of aliphatic imine (C=N–C) groups is 1. The van der Waals surface area contributed by atoms with E-state index in [1.54, 1.807) is 0 Å². The van der Waals surface area contributed by atoms with Gasteiger partial charge in [0.1, 0.15) is 0 Å². The first-order valence-electron chi connectivity index (χ1n) is 14.2. The average molecular weight is 533 g/mol. The van der Waals surface area contributed by atoms with E-state index in [1.807, 2.05) is 79.0 Å². The number of hydrogen-bond donors (Lipinski definition) is 0. The van der Waals surface area contributed by atoms with E-state index in [2.05, 4.69) is 50.2 Å². The van der Waals surface area contributed by atoms with Crippen molar-refractivity contribution in [2.75, 3.05) is 4.90 Å². The zero-order valence-corrected chi connectivity index (χ0v) is 22.9. The number of fused-ring (bicyclic) bond motifs is 1. The fraction of sp³-hybridized carbons (Fsp3) is 0.162. The lowest BCUT2D eigenvalue weighted by Crippen LogP contribution is -2.54. The van der Waals surface area contributed by atoms with Gasteiger partial charge in [0, 0.05) is 17.5 Å². The Labute approximate surface area is 239 Å². The second-order valence-corrected chi connectivity index (χ2v) is 11.6. The molecule has 4 aliphatic rings. The number of nitrogens with zero attached hydrogens (tertiary/aromatic N) is 2. The van der Waals surface area contributed by atoms with Crippen LogP contribution in [0.15, 0.2) is 114 Å². The first-order valence-corrected chi connectivity index (χ1v) is 14.2. The van der Waals surface area contributed by atoms with Crippen molar-refractivity contribution in [3.8, 4) is 0 Å². The van der Waals surface area contributed by atoms with E-state index in [-0.39, 0.29) is 17.7 Å². The van der Waals surface area contributed by atoms with Crippen LogP contribution in [0.5, 0.6) is 0 Å². The number of benzene rings is 5. The second kappa shape index (κ2) is 8.58. The van der Waals surface area contributed by atoms with E-state index < -0.39 is 17.3 Å². The number of rotatable bonds is 3. The topological polar surface area (TPSA) is 49.7 Å². The van der Waals surface area contributed by atoms with Gasteiger partial charge >= 0.3 is 0 Å². The molecule has 0 spiro atoms. The van der Waals surface area contributed by atoms with Crippen molar-refractivity contribution in [3.05, 3.63) is 143 Å². The third kappa shape index (κ3) is 3.13. The molecule has 1 saturated heterocycles. The summed E-state index contributed by atoms with van der Waals surface area (Å²) >= 11 is 0. The third-order valence-electron chi connectivity index (χ3n) is 9.45. The summed E-state index contributed by atoms with van der Waals surface area (Å²) < 4.78 is 0. The molecule has 9 rings (SSSR count). The minimum absolute atomic E-state index is 0.130. The van der Waals surface area contributed by atoms with E-state index in [0.29, 0.717) is 5.69 Å². The lowest BCUT2D eigenvalue weighted by molar-refractivity contribution is -0.122. The van der Waals surface area contributed by atoms with Gasteiger partial charge in [-0.15, -0.1) is 0 Å². The lowest BCUT2D eigenvalue weighted by Gasteiger charge is -2.52. The SMILES string of the molecule is Cc1ccc(N=CC23c4ccccc4C(c4ccccc42)[C@@H]2C(=O)N(c4cccc5ccccc45)C(=O)[C@H]23)c(C)c1. The van der Waals surface area contributed by atoms with Crippen molar-refractivity contribution in [3.63, 3.8) is 0 Å². The van der Waals surface area contributed by atoms with Gasteiger partial charge in [-0.1, -0.05) is 103 Å². The highest BCUT2D eigenvalue weighted by atomic mass is 16.2. The van der Waals surface area contributed by atoms with E-state index in [4.69, 9.17) is 4.99 Å². The Balaban J connectivity index is 1.40. The Morgan fingerprint density at radius 2 is 1.39 bits per heavy atom. The molecule has 2 bridgehead atoms. The molecule has 5 aromatic carbocycles.